The standard InChI is InChI=1S/C14H22N4O/c1-5-18(6-2)13(11-14(19)17(3)4)16-12-9-7-8-10-15-12/h7-10H,5-6,11H2,1-4H3/b16-13-. The molecule has 0 aliphatic heterocycles. The van der Waals surface area contributed by atoms with E-state index in [9.17, 15) is 4.79 Å². The second-order valence-electron chi connectivity index (χ2n) is 4.35. The minimum atomic E-state index is 0.0431. The second-order valence-corrected chi connectivity index (χ2v) is 4.35. The first kappa shape index (κ1) is 15.1. The van der Waals surface area contributed by atoms with E-state index in [-0.39, 0.29) is 5.91 Å². The van der Waals surface area contributed by atoms with Gasteiger partial charge in [0, 0.05) is 33.4 Å². The molecule has 1 aromatic rings. The van der Waals surface area contributed by atoms with Gasteiger partial charge in [-0.1, -0.05) is 6.07 Å². The Hall–Kier alpha value is -1.91. The highest BCUT2D eigenvalue weighted by Gasteiger charge is 2.14. The van der Waals surface area contributed by atoms with Crippen LogP contribution in [-0.4, -0.2) is 53.7 Å². The number of carbonyl (C=O) groups is 1. The van der Waals surface area contributed by atoms with Crippen molar-refractivity contribution in [3.8, 4) is 0 Å². The van der Waals surface area contributed by atoms with E-state index in [0.717, 1.165) is 18.9 Å². The van der Waals surface area contributed by atoms with Crippen LogP contribution in [0.15, 0.2) is 29.4 Å². The van der Waals surface area contributed by atoms with E-state index in [2.05, 4.69) is 28.7 Å². The smallest absolute Gasteiger partial charge is 0.229 e. The Balaban J connectivity index is 2.98. The summed E-state index contributed by atoms with van der Waals surface area (Å²) < 4.78 is 0. The van der Waals surface area contributed by atoms with E-state index in [1.807, 2.05) is 18.2 Å². The number of pyridine rings is 1. The Kier molecular flexibility index (Phi) is 5.99. The van der Waals surface area contributed by atoms with E-state index in [1.54, 1.807) is 25.2 Å². The average molecular weight is 262 g/mol. The lowest BCUT2D eigenvalue weighted by Crippen LogP contribution is -2.35. The summed E-state index contributed by atoms with van der Waals surface area (Å²) in [5.74, 6) is 1.44. The van der Waals surface area contributed by atoms with Crippen molar-refractivity contribution in [2.75, 3.05) is 27.2 Å². The molecule has 0 aliphatic carbocycles. The number of amides is 1. The van der Waals surface area contributed by atoms with Crippen LogP contribution in [0.25, 0.3) is 0 Å². The predicted octanol–water partition coefficient (Wildman–Crippen LogP) is 1.93. The van der Waals surface area contributed by atoms with Gasteiger partial charge in [-0.05, 0) is 26.0 Å². The maximum Gasteiger partial charge on any atom is 0.229 e. The monoisotopic (exact) mass is 262 g/mol. The van der Waals surface area contributed by atoms with Crippen molar-refractivity contribution in [3.63, 3.8) is 0 Å². The molecule has 5 heteroatoms. The van der Waals surface area contributed by atoms with Crippen molar-refractivity contribution >= 4 is 17.6 Å². The lowest BCUT2D eigenvalue weighted by atomic mass is 10.3. The first-order chi connectivity index (χ1) is 9.08. The van der Waals surface area contributed by atoms with E-state index < -0.39 is 0 Å². The second kappa shape index (κ2) is 7.51. The molecule has 0 spiro atoms. The van der Waals surface area contributed by atoms with Crippen LogP contribution in [0.4, 0.5) is 5.82 Å². The maximum atomic E-state index is 11.9. The molecule has 0 saturated heterocycles. The van der Waals surface area contributed by atoms with Crippen molar-refractivity contribution < 1.29 is 4.79 Å². The van der Waals surface area contributed by atoms with Crippen molar-refractivity contribution in [3.05, 3.63) is 24.4 Å². The van der Waals surface area contributed by atoms with Gasteiger partial charge in [0.2, 0.25) is 5.91 Å². The number of amidine groups is 1. The molecule has 0 unspecified atom stereocenters. The van der Waals surface area contributed by atoms with Crippen LogP contribution in [0.3, 0.4) is 0 Å². The van der Waals surface area contributed by atoms with Crippen LogP contribution in [0, 0.1) is 0 Å². The molecule has 0 aromatic carbocycles. The van der Waals surface area contributed by atoms with Gasteiger partial charge in [-0.2, -0.15) is 0 Å². The molecular formula is C14H22N4O. The highest BCUT2D eigenvalue weighted by Crippen LogP contribution is 2.10. The number of hydrogen-bond donors (Lipinski definition) is 0. The molecule has 0 N–H and O–H groups in total. The average Bonchev–Trinajstić information content (AvgIpc) is 2.41. The summed E-state index contributed by atoms with van der Waals surface area (Å²) in [6, 6.07) is 5.57. The number of aromatic nitrogens is 1. The van der Waals surface area contributed by atoms with E-state index in [0.29, 0.717) is 12.2 Å². The van der Waals surface area contributed by atoms with E-state index >= 15 is 0 Å². The van der Waals surface area contributed by atoms with Crippen LogP contribution >= 0.6 is 0 Å². The quantitative estimate of drug-likeness (QED) is 0.602. The number of rotatable bonds is 5. The van der Waals surface area contributed by atoms with Gasteiger partial charge in [0.1, 0.15) is 5.84 Å². The normalized spacial score (nSPS) is 11.3. The lowest BCUT2D eigenvalue weighted by Gasteiger charge is -2.23. The molecule has 0 fully saturated rings. The lowest BCUT2D eigenvalue weighted by molar-refractivity contribution is -0.127. The molecule has 104 valence electrons. The Morgan fingerprint density at radius 3 is 2.42 bits per heavy atom. The highest BCUT2D eigenvalue weighted by atomic mass is 16.2. The van der Waals surface area contributed by atoms with Crippen LogP contribution in [0.5, 0.6) is 0 Å². The van der Waals surface area contributed by atoms with Gasteiger partial charge in [-0.15, -0.1) is 0 Å². The molecule has 1 heterocycles. The van der Waals surface area contributed by atoms with Crippen molar-refractivity contribution in [1.82, 2.24) is 14.8 Å². The predicted molar refractivity (Wildman–Crippen MR) is 77.6 cm³/mol. The summed E-state index contributed by atoms with van der Waals surface area (Å²) >= 11 is 0. The van der Waals surface area contributed by atoms with E-state index in [4.69, 9.17) is 0 Å². The highest BCUT2D eigenvalue weighted by molar-refractivity contribution is 6.00. The third-order valence-electron chi connectivity index (χ3n) is 2.83. The molecule has 1 amide bonds. The first-order valence-corrected chi connectivity index (χ1v) is 6.52. The van der Waals surface area contributed by atoms with Gasteiger partial charge in [-0.25, -0.2) is 9.98 Å². The van der Waals surface area contributed by atoms with Gasteiger partial charge < -0.3 is 9.80 Å². The molecule has 5 nitrogen and oxygen atoms in total. The number of nitrogens with zero attached hydrogens (tertiary/aromatic N) is 4. The van der Waals surface area contributed by atoms with Gasteiger partial charge in [0.15, 0.2) is 5.82 Å². The Bertz CT molecular complexity index is 424. The molecule has 1 rings (SSSR count). The van der Waals surface area contributed by atoms with Crippen LogP contribution in [-0.2, 0) is 4.79 Å². The molecule has 0 aliphatic rings. The minimum absolute atomic E-state index is 0.0431. The largest absolute Gasteiger partial charge is 0.360 e. The fourth-order valence-electron chi connectivity index (χ4n) is 1.66. The first-order valence-electron chi connectivity index (χ1n) is 6.52. The van der Waals surface area contributed by atoms with Gasteiger partial charge >= 0.3 is 0 Å². The third-order valence-corrected chi connectivity index (χ3v) is 2.83. The summed E-state index contributed by atoms with van der Waals surface area (Å²) in [6.07, 6.45) is 2.00. The van der Waals surface area contributed by atoms with E-state index in [1.165, 1.54) is 0 Å². The molecule has 0 radical (unpaired) electrons. The maximum absolute atomic E-state index is 11.9. The summed E-state index contributed by atoms with van der Waals surface area (Å²) in [5, 5.41) is 0. The molecular weight excluding hydrogens is 240 g/mol. The molecule has 19 heavy (non-hydrogen) atoms. The van der Waals surface area contributed by atoms with Crippen LogP contribution in [0.2, 0.25) is 0 Å². The Morgan fingerprint density at radius 2 is 1.95 bits per heavy atom. The van der Waals surface area contributed by atoms with Crippen molar-refractivity contribution in [2.24, 2.45) is 4.99 Å². The summed E-state index contributed by atoms with van der Waals surface area (Å²) in [7, 11) is 3.51. The Morgan fingerprint density at radius 1 is 1.26 bits per heavy atom. The summed E-state index contributed by atoms with van der Waals surface area (Å²) in [5.41, 5.74) is 0. The topological polar surface area (TPSA) is 48.8 Å². The van der Waals surface area contributed by atoms with Crippen LogP contribution < -0.4 is 0 Å². The molecule has 0 saturated carbocycles. The zero-order chi connectivity index (χ0) is 14.3. The number of hydrogen-bond acceptors (Lipinski definition) is 3. The number of aliphatic imine (C=N–C) groups is 1. The fourth-order valence-corrected chi connectivity index (χ4v) is 1.66. The zero-order valence-corrected chi connectivity index (χ0v) is 12.1. The Labute approximate surface area is 115 Å². The fraction of sp³-hybridized carbons (Fsp3) is 0.500. The molecule has 0 atom stereocenters. The number of carbonyl (C=O) groups excluding carboxylic acids is 1. The zero-order valence-electron chi connectivity index (χ0n) is 12.1. The van der Waals surface area contributed by atoms with Crippen molar-refractivity contribution in [2.45, 2.75) is 20.3 Å². The van der Waals surface area contributed by atoms with Gasteiger partial charge in [-0.3, -0.25) is 4.79 Å². The SMILES string of the molecule is CCN(CC)/C(CC(=O)N(C)C)=N\c1ccccn1. The van der Waals surface area contributed by atoms with Gasteiger partial charge in [0.25, 0.3) is 0 Å². The minimum Gasteiger partial charge on any atom is -0.360 e. The third kappa shape index (κ3) is 4.69. The van der Waals surface area contributed by atoms with Gasteiger partial charge in [0.05, 0.1) is 6.42 Å². The molecule has 0 bridgehead atoms. The summed E-state index contributed by atoms with van der Waals surface area (Å²) in [4.78, 5) is 24.2. The summed E-state index contributed by atoms with van der Waals surface area (Å²) in [6.45, 7) is 5.75. The molecule has 1 aromatic heterocycles. The van der Waals surface area contributed by atoms with Crippen molar-refractivity contribution in [1.29, 1.82) is 0 Å². The van der Waals surface area contributed by atoms with Crippen LogP contribution in [0.1, 0.15) is 20.3 Å².